The van der Waals surface area contributed by atoms with Crippen molar-refractivity contribution in [2.75, 3.05) is 14.1 Å². The zero-order valence-corrected chi connectivity index (χ0v) is 7.52. The van der Waals surface area contributed by atoms with Gasteiger partial charge in [0.25, 0.3) is 0 Å². The second-order valence-electron chi connectivity index (χ2n) is 2.56. The van der Waals surface area contributed by atoms with Gasteiger partial charge in [0.1, 0.15) is 0 Å². The van der Waals surface area contributed by atoms with E-state index in [-0.39, 0.29) is 5.90 Å². The quantitative estimate of drug-likeness (QED) is 0.597. The molecule has 1 aliphatic rings. The largest absolute Gasteiger partial charge is 0.416 e. The first-order valence-corrected chi connectivity index (χ1v) is 3.75. The summed E-state index contributed by atoms with van der Waals surface area (Å²) in [6.45, 7) is 0. The number of hydrazone groups is 1. The van der Waals surface area contributed by atoms with Crippen LogP contribution >= 0.6 is 0 Å². The van der Waals surface area contributed by atoms with Gasteiger partial charge in [0.15, 0.2) is 0 Å². The maximum absolute atomic E-state index is 11.1. The highest BCUT2D eigenvalue weighted by Crippen LogP contribution is 1.93. The number of carbonyl (C=O) groups excluding carboxylic acids is 1. The molecule has 0 aliphatic carbocycles. The summed E-state index contributed by atoms with van der Waals surface area (Å²) >= 11 is 0. The molecule has 0 radical (unpaired) electrons. The molecule has 1 heterocycles. The SMILES string of the molecule is CN(C)C(=O)OC1=NNC=CC=C1. The van der Waals surface area contributed by atoms with Gasteiger partial charge >= 0.3 is 6.09 Å². The number of amides is 1. The lowest BCUT2D eigenvalue weighted by Gasteiger charge is -2.09. The molecule has 5 heteroatoms. The number of hydrogen-bond donors (Lipinski definition) is 1. The van der Waals surface area contributed by atoms with Gasteiger partial charge in [-0.05, 0) is 6.08 Å². The van der Waals surface area contributed by atoms with E-state index in [2.05, 4.69) is 10.5 Å². The molecule has 0 atom stereocenters. The molecule has 70 valence electrons. The van der Waals surface area contributed by atoms with E-state index in [9.17, 15) is 4.79 Å². The summed E-state index contributed by atoms with van der Waals surface area (Å²) in [5.74, 6) is 0.240. The molecule has 0 fully saturated rings. The van der Waals surface area contributed by atoms with Gasteiger partial charge in [-0.25, -0.2) is 4.79 Å². The molecule has 0 saturated carbocycles. The first-order chi connectivity index (χ1) is 6.20. The summed E-state index contributed by atoms with van der Waals surface area (Å²) in [5.41, 5.74) is 2.59. The van der Waals surface area contributed by atoms with E-state index in [1.807, 2.05) is 0 Å². The molecule has 1 aliphatic heterocycles. The number of carbonyl (C=O) groups is 1. The number of ether oxygens (including phenoxy) is 1. The van der Waals surface area contributed by atoms with E-state index >= 15 is 0 Å². The van der Waals surface area contributed by atoms with Crippen molar-refractivity contribution in [1.29, 1.82) is 0 Å². The Balaban J connectivity index is 2.54. The number of rotatable bonds is 0. The Labute approximate surface area is 76.4 Å². The fraction of sp³-hybridized carbons (Fsp3) is 0.250. The lowest BCUT2D eigenvalue weighted by atomic mass is 10.5. The second kappa shape index (κ2) is 4.30. The molecule has 0 aromatic heterocycles. The molecule has 0 aromatic carbocycles. The monoisotopic (exact) mass is 181 g/mol. The molecule has 1 amide bonds. The molecular weight excluding hydrogens is 170 g/mol. The summed E-state index contributed by atoms with van der Waals surface area (Å²) in [6.07, 6.45) is 6.25. The molecule has 1 rings (SSSR count). The Kier molecular flexibility index (Phi) is 3.08. The van der Waals surface area contributed by atoms with Crippen LogP contribution in [0.1, 0.15) is 0 Å². The van der Waals surface area contributed by atoms with Crippen molar-refractivity contribution in [2.45, 2.75) is 0 Å². The third kappa shape index (κ3) is 2.98. The molecule has 0 saturated heterocycles. The van der Waals surface area contributed by atoms with Crippen LogP contribution in [0.4, 0.5) is 4.79 Å². The van der Waals surface area contributed by atoms with Gasteiger partial charge in [0, 0.05) is 26.4 Å². The van der Waals surface area contributed by atoms with Crippen molar-refractivity contribution >= 4 is 12.0 Å². The van der Waals surface area contributed by atoms with Crippen molar-refractivity contribution in [1.82, 2.24) is 10.3 Å². The number of allylic oxidation sites excluding steroid dienone is 2. The van der Waals surface area contributed by atoms with Gasteiger partial charge in [-0.1, -0.05) is 6.08 Å². The van der Waals surface area contributed by atoms with Gasteiger partial charge in [0.2, 0.25) is 5.90 Å². The van der Waals surface area contributed by atoms with E-state index in [0.29, 0.717) is 0 Å². The van der Waals surface area contributed by atoms with Crippen molar-refractivity contribution in [3.05, 3.63) is 24.4 Å². The van der Waals surface area contributed by atoms with Crippen LogP contribution in [0.5, 0.6) is 0 Å². The van der Waals surface area contributed by atoms with Crippen molar-refractivity contribution < 1.29 is 9.53 Å². The van der Waals surface area contributed by atoms with E-state index in [4.69, 9.17) is 4.74 Å². The van der Waals surface area contributed by atoms with Crippen LogP contribution in [0.2, 0.25) is 0 Å². The van der Waals surface area contributed by atoms with Crippen molar-refractivity contribution in [3.8, 4) is 0 Å². The topological polar surface area (TPSA) is 53.9 Å². The van der Waals surface area contributed by atoms with Gasteiger partial charge in [-0.15, -0.1) is 5.10 Å². The Morgan fingerprint density at radius 1 is 1.54 bits per heavy atom. The van der Waals surface area contributed by atoms with Crippen LogP contribution in [0.3, 0.4) is 0 Å². The minimum Gasteiger partial charge on any atom is -0.390 e. The fourth-order valence-corrected chi connectivity index (χ4v) is 0.612. The average Bonchev–Trinajstić information content (AvgIpc) is 2.32. The van der Waals surface area contributed by atoms with Crippen LogP contribution in [-0.4, -0.2) is 31.0 Å². The minimum absolute atomic E-state index is 0.240. The first kappa shape index (κ1) is 9.31. The Morgan fingerprint density at radius 3 is 3.00 bits per heavy atom. The number of nitrogens with one attached hydrogen (secondary N) is 1. The predicted molar refractivity (Wildman–Crippen MR) is 49.0 cm³/mol. The standard InChI is InChI=1S/C8H11N3O2/c1-11(2)8(12)13-7-5-3-4-6-9-10-7/h3-6,9H,1-2H3. The highest BCUT2D eigenvalue weighted by molar-refractivity contribution is 5.95. The van der Waals surface area contributed by atoms with Crippen LogP contribution in [0.25, 0.3) is 0 Å². The zero-order valence-electron chi connectivity index (χ0n) is 7.52. The van der Waals surface area contributed by atoms with Crippen LogP contribution in [-0.2, 0) is 4.74 Å². The van der Waals surface area contributed by atoms with E-state index in [1.165, 1.54) is 4.90 Å². The first-order valence-electron chi connectivity index (χ1n) is 3.75. The van der Waals surface area contributed by atoms with Crippen molar-refractivity contribution in [2.24, 2.45) is 5.10 Å². The smallest absolute Gasteiger partial charge is 0.390 e. The zero-order chi connectivity index (χ0) is 9.68. The Hall–Kier alpha value is -1.78. The molecule has 0 unspecified atom stereocenters. The molecule has 5 nitrogen and oxygen atoms in total. The molecule has 13 heavy (non-hydrogen) atoms. The van der Waals surface area contributed by atoms with Crippen LogP contribution in [0.15, 0.2) is 29.5 Å². The lowest BCUT2D eigenvalue weighted by Crippen LogP contribution is -2.25. The van der Waals surface area contributed by atoms with E-state index < -0.39 is 6.09 Å². The Bertz CT molecular complexity index is 279. The number of hydrogen-bond acceptors (Lipinski definition) is 4. The summed E-state index contributed by atoms with van der Waals surface area (Å²) < 4.78 is 4.88. The molecule has 0 spiro atoms. The van der Waals surface area contributed by atoms with Gasteiger partial charge < -0.3 is 9.64 Å². The molecule has 0 aromatic rings. The second-order valence-corrected chi connectivity index (χ2v) is 2.56. The van der Waals surface area contributed by atoms with Gasteiger partial charge in [0.05, 0.1) is 0 Å². The van der Waals surface area contributed by atoms with Gasteiger partial charge in [-0.3, -0.25) is 5.43 Å². The minimum atomic E-state index is -0.452. The maximum Gasteiger partial charge on any atom is 0.416 e. The molecule has 0 bridgehead atoms. The van der Waals surface area contributed by atoms with E-state index in [0.717, 1.165) is 0 Å². The van der Waals surface area contributed by atoms with E-state index in [1.54, 1.807) is 38.5 Å². The third-order valence-electron chi connectivity index (χ3n) is 1.25. The fourth-order valence-electron chi connectivity index (χ4n) is 0.612. The lowest BCUT2D eigenvalue weighted by molar-refractivity contribution is 0.168. The highest BCUT2D eigenvalue weighted by Gasteiger charge is 2.07. The predicted octanol–water partition coefficient (Wildman–Crippen LogP) is 0.671. The summed E-state index contributed by atoms with van der Waals surface area (Å²) in [4.78, 5) is 12.4. The van der Waals surface area contributed by atoms with Crippen LogP contribution < -0.4 is 5.43 Å². The average molecular weight is 181 g/mol. The highest BCUT2D eigenvalue weighted by atomic mass is 16.6. The molecular formula is C8H11N3O2. The van der Waals surface area contributed by atoms with Gasteiger partial charge in [-0.2, -0.15) is 0 Å². The Morgan fingerprint density at radius 2 is 2.31 bits per heavy atom. The summed E-state index contributed by atoms with van der Waals surface area (Å²) in [6, 6.07) is 0. The van der Waals surface area contributed by atoms with Crippen molar-refractivity contribution in [3.63, 3.8) is 0 Å². The maximum atomic E-state index is 11.1. The third-order valence-corrected chi connectivity index (χ3v) is 1.25. The van der Waals surface area contributed by atoms with Crippen LogP contribution in [0, 0.1) is 0 Å². The summed E-state index contributed by atoms with van der Waals surface area (Å²) in [7, 11) is 3.21. The molecule has 1 N–H and O–H groups in total. The number of nitrogens with zero attached hydrogens (tertiary/aromatic N) is 2. The normalized spacial score (nSPS) is 14.2. The summed E-state index contributed by atoms with van der Waals surface area (Å²) in [5, 5.41) is 3.77.